The Hall–Kier alpha value is -2.33. The topological polar surface area (TPSA) is 45.5 Å². The van der Waals surface area contributed by atoms with Crippen LogP contribution < -0.4 is 5.32 Å². The average Bonchev–Trinajstić information content (AvgIpc) is 3.16. The van der Waals surface area contributed by atoms with E-state index in [-0.39, 0.29) is 5.91 Å². The highest BCUT2D eigenvalue weighted by atomic mass is 16.3. The number of furan rings is 1. The van der Waals surface area contributed by atoms with E-state index in [4.69, 9.17) is 4.42 Å². The van der Waals surface area contributed by atoms with Crippen LogP contribution in [0, 0.1) is 0 Å². The lowest BCUT2D eigenvalue weighted by molar-refractivity contribution is -0.116. The Labute approximate surface area is 150 Å². The van der Waals surface area contributed by atoms with Crippen molar-refractivity contribution in [3.8, 4) is 0 Å². The molecule has 1 heterocycles. The number of hydrogen-bond acceptors (Lipinski definition) is 3. The molecule has 4 nitrogen and oxygen atoms in total. The number of hydrogen-bond donors (Lipinski definition) is 1. The van der Waals surface area contributed by atoms with Gasteiger partial charge in [-0.05, 0) is 49.7 Å². The Kier molecular flexibility index (Phi) is 8.56. The quantitative estimate of drug-likeness (QED) is 0.495. The molecule has 0 fully saturated rings. The predicted molar refractivity (Wildman–Crippen MR) is 102 cm³/mol. The van der Waals surface area contributed by atoms with Crippen LogP contribution in [0.1, 0.15) is 37.5 Å². The van der Waals surface area contributed by atoms with Gasteiger partial charge in [0.15, 0.2) is 0 Å². The summed E-state index contributed by atoms with van der Waals surface area (Å²) in [5.41, 5.74) is 1.36. The maximum Gasteiger partial charge on any atom is 0.244 e. The predicted octanol–water partition coefficient (Wildman–Crippen LogP) is 4.10. The van der Waals surface area contributed by atoms with Crippen LogP contribution in [0.4, 0.5) is 0 Å². The second-order valence-corrected chi connectivity index (χ2v) is 6.05. The Balaban J connectivity index is 1.54. The molecule has 2 aromatic rings. The van der Waals surface area contributed by atoms with E-state index in [0.29, 0.717) is 12.3 Å². The first-order valence-corrected chi connectivity index (χ1v) is 9.03. The van der Waals surface area contributed by atoms with E-state index in [1.54, 1.807) is 18.4 Å². The van der Waals surface area contributed by atoms with Gasteiger partial charge in [-0.1, -0.05) is 43.7 Å². The summed E-state index contributed by atoms with van der Waals surface area (Å²) >= 11 is 0. The maximum absolute atomic E-state index is 11.7. The van der Waals surface area contributed by atoms with E-state index in [1.165, 1.54) is 11.6 Å². The van der Waals surface area contributed by atoms with Crippen molar-refractivity contribution in [1.82, 2.24) is 10.2 Å². The summed E-state index contributed by atoms with van der Waals surface area (Å²) in [6.45, 7) is 6.08. The molecular weight excluding hydrogens is 312 g/mol. The Morgan fingerprint density at radius 1 is 1.12 bits per heavy atom. The number of nitrogens with one attached hydrogen (secondary N) is 1. The number of carbonyl (C=O) groups is 1. The smallest absolute Gasteiger partial charge is 0.244 e. The fraction of sp³-hybridized carbons (Fsp3) is 0.381. The molecule has 134 valence electrons. The minimum atomic E-state index is -0.0735. The van der Waals surface area contributed by atoms with Crippen molar-refractivity contribution in [3.63, 3.8) is 0 Å². The van der Waals surface area contributed by atoms with Crippen LogP contribution >= 0.6 is 0 Å². The molecule has 1 N–H and O–H groups in total. The molecule has 0 aliphatic carbocycles. The zero-order valence-electron chi connectivity index (χ0n) is 15.0. The Morgan fingerprint density at radius 3 is 2.68 bits per heavy atom. The summed E-state index contributed by atoms with van der Waals surface area (Å²) < 4.78 is 5.15. The van der Waals surface area contributed by atoms with Gasteiger partial charge in [-0.3, -0.25) is 9.69 Å². The van der Waals surface area contributed by atoms with Crippen molar-refractivity contribution in [3.05, 3.63) is 66.1 Å². The minimum Gasteiger partial charge on any atom is -0.465 e. The highest BCUT2D eigenvalue weighted by Gasteiger charge is 2.03. The number of amides is 1. The summed E-state index contributed by atoms with van der Waals surface area (Å²) in [5, 5.41) is 2.91. The van der Waals surface area contributed by atoms with Gasteiger partial charge in [-0.15, -0.1) is 0 Å². The molecule has 4 heteroatoms. The minimum absolute atomic E-state index is 0.0735. The third-order valence-corrected chi connectivity index (χ3v) is 4.09. The highest BCUT2D eigenvalue weighted by Crippen LogP contribution is 2.06. The van der Waals surface area contributed by atoms with Crippen LogP contribution in [0.15, 0.2) is 59.2 Å². The van der Waals surface area contributed by atoms with Gasteiger partial charge in [0.1, 0.15) is 5.76 Å². The Bertz CT molecular complexity index is 621. The SMILES string of the molecule is CCN(CCCCCNC(=O)/C=C/c1ccco1)Cc1ccccc1. The summed E-state index contributed by atoms with van der Waals surface area (Å²) in [7, 11) is 0. The van der Waals surface area contributed by atoms with Gasteiger partial charge in [-0.25, -0.2) is 0 Å². The van der Waals surface area contributed by atoms with Crippen LogP contribution in [0.5, 0.6) is 0 Å². The second-order valence-electron chi connectivity index (χ2n) is 6.05. The van der Waals surface area contributed by atoms with Gasteiger partial charge >= 0.3 is 0 Å². The van der Waals surface area contributed by atoms with Crippen molar-refractivity contribution >= 4 is 12.0 Å². The molecule has 0 bridgehead atoms. The monoisotopic (exact) mass is 340 g/mol. The molecule has 0 aliphatic heterocycles. The van der Waals surface area contributed by atoms with Crippen molar-refractivity contribution in [2.24, 2.45) is 0 Å². The molecule has 0 atom stereocenters. The number of unbranched alkanes of at least 4 members (excludes halogenated alkanes) is 2. The number of nitrogens with zero attached hydrogens (tertiary/aromatic N) is 1. The van der Waals surface area contributed by atoms with E-state index in [2.05, 4.69) is 47.5 Å². The fourth-order valence-electron chi connectivity index (χ4n) is 2.64. The van der Waals surface area contributed by atoms with E-state index in [9.17, 15) is 4.79 Å². The molecular formula is C21H28N2O2. The van der Waals surface area contributed by atoms with Crippen LogP contribution in [0.3, 0.4) is 0 Å². The third kappa shape index (κ3) is 7.86. The van der Waals surface area contributed by atoms with E-state index < -0.39 is 0 Å². The first-order chi connectivity index (χ1) is 12.3. The summed E-state index contributed by atoms with van der Waals surface area (Å²) in [6, 6.07) is 14.2. The van der Waals surface area contributed by atoms with Gasteiger partial charge in [0.25, 0.3) is 0 Å². The van der Waals surface area contributed by atoms with Crippen molar-refractivity contribution in [1.29, 1.82) is 0 Å². The first kappa shape index (κ1) is 19.0. The lowest BCUT2D eigenvalue weighted by atomic mass is 10.2. The second kappa shape index (κ2) is 11.3. The molecule has 2 rings (SSSR count). The van der Waals surface area contributed by atoms with Gasteiger partial charge in [0, 0.05) is 19.2 Å². The van der Waals surface area contributed by atoms with Gasteiger partial charge in [-0.2, -0.15) is 0 Å². The van der Waals surface area contributed by atoms with E-state index in [0.717, 1.165) is 38.9 Å². The molecule has 25 heavy (non-hydrogen) atoms. The van der Waals surface area contributed by atoms with Gasteiger partial charge < -0.3 is 9.73 Å². The number of carbonyl (C=O) groups excluding carboxylic acids is 1. The number of benzene rings is 1. The van der Waals surface area contributed by atoms with E-state index >= 15 is 0 Å². The highest BCUT2D eigenvalue weighted by molar-refractivity contribution is 5.91. The summed E-state index contributed by atoms with van der Waals surface area (Å²) in [4.78, 5) is 14.1. The third-order valence-electron chi connectivity index (χ3n) is 4.09. The summed E-state index contributed by atoms with van der Waals surface area (Å²) in [5.74, 6) is 0.615. The molecule has 1 aromatic heterocycles. The molecule has 1 aromatic carbocycles. The fourth-order valence-corrected chi connectivity index (χ4v) is 2.64. The van der Waals surface area contributed by atoms with Crippen molar-refractivity contribution in [2.45, 2.75) is 32.7 Å². The maximum atomic E-state index is 11.7. The van der Waals surface area contributed by atoms with Crippen LogP contribution in [0.25, 0.3) is 6.08 Å². The largest absolute Gasteiger partial charge is 0.465 e. The zero-order chi connectivity index (χ0) is 17.7. The van der Waals surface area contributed by atoms with Gasteiger partial charge in [0.05, 0.1) is 6.26 Å². The molecule has 0 unspecified atom stereocenters. The van der Waals surface area contributed by atoms with Crippen molar-refractivity contribution < 1.29 is 9.21 Å². The standard InChI is InChI=1S/C21H28N2O2/c1-2-23(18-19-10-5-3-6-11-19)16-8-4-7-15-22-21(24)14-13-20-12-9-17-25-20/h3,5-6,9-14,17H,2,4,7-8,15-16,18H2,1H3,(H,22,24)/b14-13+. The molecule has 0 spiro atoms. The molecule has 0 saturated heterocycles. The molecule has 0 saturated carbocycles. The first-order valence-electron chi connectivity index (χ1n) is 9.03. The normalized spacial score (nSPS) is 11.3. The van der Waals surface area contributed by atoms with Crippen molar-refractivity contribution in [2.75, 3.05) is 19.6 Å². The van der Waals surface area contributed by atoms with Crippen LogP contribution in [-0.2, 0) is 11.3 Å². The molecule has 1 amide bonds. The molecule has 0 aliphatic rings. The lowest BCUT2D eigenvalue weighted by Crippen LogP contribution is -2.25. The Morgan fingerprint density at radius 2 is 1.96 bits per heavy atom. The lowest BCUT2D eigenvalue weighted by Gasteiger charge is -2.20. The van der Waals surface area contributed by atoms with E-state index in [1.807, 2.05) is 6.07 Å². The van der Waals surface area contributed by atoms with Gasteiger partial charge in [0.2, 0.25) is 5.91 Å². The molecule has 0 radical (unpaired) electrons. The van der Waals surface area contributed by atoms with Crippen LogP contribution in [-0.4, -0.2) is 30.4 Å². The zero-order valence-corrected chi connectivity index (χ0v) is 15.0. The number of rotatable bonds is 11. The van der Waals surface area contributed by atoms with Crippen LogP contribution in [0.2, 0.25) is 0 Å². The average molecular weight is 340 g/mol. The summed E-state index contributed by atoms with van der Waals surface area (Å²) in [6.07, 6.45) is 8.06.